The second-order valence-electron chi connectivity index (χ2n) is 5.08. The smallest absolute Gasteiger partial charge is 0.303 e. The van der Waals surface area contributed by atoms with Crippen LogP contribution in [0, 0.1) is 0 Å². The van der Waals surface area contributed by atoms with Gasteiger partial charge in [0.1, 0.15) is 0 Å². The van der Waals surface area contributed by atoms with E-state index >= 15 is 0 Å². The number of benzene rings is 1. The topological polar surface area (TPSA) is 104 Å². The van der Waals surface area contributed by atoms with E-state index in [1.54, 1.807) is 24.3 Å². The summed E-state index contributed by atoms with van der Waals surface area (Å²) in [5.41, 5.74) is 1.36. The van der Waals surface area contributed by atoms with Crippen molar-refractivity contribution >= 4 is 27.6 Å². The fourth-order valence-electron chi connectivity index (χ4n) is 2.26. The molecule has 0 saturated carbocycles. The van der Waals surface area contributed by atoms with Gasteiger partial charge in [-0.2, -0.15) is 0 Å². The van der Waals surface area contributed by atoms with E-state index in [2.05, 4.69) is 5.32 Å². The number of nitrogens with zero attached hydrogens (tertiary/aromatic N) is 1. The zero-order chi connectivity index (χ0) is 16.2. The SMILES string of the molecule is O=C(O)CCC(=O)NCc1cccc(N2CCCS2(=O)=O)c1. The largest absolute Gasteiger partial charge is 0.481 e. The molecule has 0 spiro atoms. The Morgan fingerprint density at radius 1 is 1.27 bits per heavy atom. The minimum Gasteiger partial charge on any atom is -0.481 e. The third kappa shape index (κ3) is 4.20. The number of carbonyl (C=O) groups is 2. The predicted molar refractivity (Wildman–Crippen MR) is 80.9 cm³/mol. The number of sulfonamides is 1. The van der Waals surface area contributed by atoms with Crippen LogP contribution in [-0.2, 0) is 26.2 Å². The van der Waals surface area contributed by atoms with Crippen molar-refractivity contribution < 1.29 is 23.1 Å². The van der Waals surface area contributed by atoms with Gasteiger partial charge in [0.05, 0.1) is 17.9 Å². The number of carboxylic acid groups (broad SMARTS) is 1. The predicted octanol–water partition coefficient (Wildman–Crippen LogP) is 0.707. The number of hydrogen-bond donors (Lipinski definition) is 2. The molecule has 22 heavy (non-hydrogen) atoms. The summed E-state index contributed by atoms with van der Waals surface area (Å²) >= 11 is 0. The number of carboxylic acids is 1. The van der Waals surface area contributed by atoms with Gasteiger partial charge in [-0.15, -0.1) is 0 Å². The lowest BCUT2D eigenvalue weighted by Gasteiger charge is -2.17. The molecule has 120 valence electrons. The third-order valence-corrected chi connectivity index (χ3v) is 5.22. The molecule has 1 aromatic carbocycles. The molecule has 1 heterocycles. The lowest BCUT2D eigenvalue weighted by Crippen LogP contribution is -2.26. The summed E-state index contributed by atoms with van der Waals surface area (Å²) in [6, 6.07) is 6.96. The fourth-order valence-corrected chi connectivity index (χ4v) is 3.82. The van der Waals surface area contributed by atoms with Gasteiger partial charge in [0.15, 0.2) is 0 Å². The molecule has 2 N–H and O–H groups in total. The molecule has 0 aromatic heterocycles. The summed E-state index contributed by atoms with van der Waals surface area (Å²) in [7, 11) is -3.23. The van der Waals surface area contributed by atoms with Gasteiger partial charge in [-0.05, 0) is 24.1 Å². The molecule has 1 fully saturated rings. The Bertz CT molecular complexity index is 672. The summed E-state index contributed by atoms with van der Waals surface area (Å²) < 4.78 is 25.2. The molecule has 0 unspecified atom stereocenters. The van der Waals surface area contributed by atoms with E-state index in [-0.39, 0.29) is 31.0 Å². The minimum absolute atomic E-state index is 0.0739. The lowest BCUT2D eigenvalue weighted by atomic mass is 10.2. The molecule has 1 aliphatic rings. The number of carbonyl (C=O) groups excluding carboxylic acids is 1. The van der Waals surface area contributed by atoms with Gasteiger partial charge in [-0.25, -0.2) is 8.42 Å². The van der Waals surface area contributed by atoms with Crippen LogP contribution in [0.15, 0.2) is 24.3 Å². The molecular weight excluding hydrogens is 308 g/mol. The Balaban J connectivity index is 1.97. The molecule has 0 atom stereocenters. The van der Waals surface area contributed by atoms with Crippen molar-refractivity contribution in [2.24, 2.45) is 0 Å². The molecule has 1 amide bonds. The first kappa shape index (κ1) is 16.3. The van der Waals surface area contributed by atoms with Crippen LogP contribution >= 0.6 is 0 Å². The van der Waals surface area contributed by atoms with Crippen LogP contribution in [0.25, 0.3) is 0 Å². The second-order valence-corrected chi connectivity index (χ2v) is 7.09. The first-order valence-corrected chi connectivity index (χ1v) is 8.57. The molecule has 1 aliphatic heterocycles. The van der Waals surface area contributed by atoms with Crippen LogP contribution in [0.3, 0.4) is 0 Å². The molecule has 0 radical (unpaired) electrons. The maximum atomic E-state index is 11.9. The van der Waals surface area contributed by atoms with Crippen LogP contribution in [-0.4, -0.2) is 37.7 Å². The van der Waals surface area contributed by atoms with E-state index in [1.165, 1.54) is 4.31 Å². The maximum absolute atomic E-state index is 11.9. The van der Waals surface area contributed by atoms with E-state index in [9.17, 15) is 18.0 Å². The molecule has 8 heteroatoms. The van der Waals surface area contributed by atoms with Gasteiger partial charge in [0, 0.05) is 19.5 Å². The maximum Gasteiger partial charge on any atom is 0.303 e. The molecule has 0 aliphatic carbocycles. The number of rotatable bonds is 6. The van der Waals surface area contributed by atoms with E-state index in [4.69, 9.17) is 5.11 Å². The van der Waals surface area contributed by atoms with E-state index in [0.717, 1.165) is 5.56 Å². The van der Waals surface area contributed by atoms with Gasteiger partial charge in [0.25, 0.3) is 0 Å². The Morgan fingerprint density at radius 3 is 2.68 bits per heavy atom. The quantitative estimate of drug-likeness (QED) is 0.801. The van der Waals surface area contributed by atoms with E-state index in [0.29, 0.717) is 18.7 Å². The number of aliphatic carboxylic acids is 1. The van der Waals surface area contributed by atoms with Gasteiger partial charge < -0.3 is 10.4 Å². The van der Waals surface area contributed by atoms with Crippen LogP contribution in [0.4, 0.5) is 5.69 Å². The summed E-state index contributed by atoms with van der Waals surface area (Å²) in [6.07, 6.45) is 0.325. The summed E-state index contributed by atoms with van der Waals surface area (Å²) in [5.74, 6) is -1.21. The fraction of sp³-hybridized carbons (Fsp3) is 0.429. The molecule has 7 nitrogen and oxygen atoms in total. The van der Waals surface area contributed by atoms with Gasteiger partial charge >= 0.3 is 5.97 Å². The zero-order valence-corrected chi connectivity index (χ0v) is 12.8. The van der Waals surface area contributed by atoms with Crippen molar-refractivity contribution in [1.82, 2.24) is 5.32 Å². The summed E-state index contributed by atoms with van der Waals surface area (Å²) in [5, 5.41) is 11.1. The highest BCUT2D eigenvalue weighted by molar-refractivity contribution is 7.93. The van der Waals surface area contributed by atoms with Crippen molar-refractivity contribution in [3.8, 4) is 0 Å². The monoisotopic (exact) mass is 326 g/mol. The van der Waals surface area contributed by atoms with E-state index in [1.807, 2.05) is 0 Å². The Labute approximate surface area is 129 Å². The summed E-state index contributed by atoms with van der Waals surface area (Å²) in [4.78, 5) is 21.9. The highest BCUT2D eigenvalue weighted by Gasteiger charge is 2.28. The summed E-state index contributed by atoms with van der Waals surface area (Å²) in [6.45, 7) is 0.705. The Morgan fingerprint density at radius 2 is 2.05 bits per heavy atom. The molecule has 0 bridgehead atoms. The van der Waals surface area contributed by atoms with Crippen molar-refractivity contribution in [2.75, 3.05) is 16.6 Å². The molecular formula is C14H18N2O5S. The van der Waals surface area contributed by atoms with Gasteiger partial charge in [0.2, 0.25) is 15.9 Å². The second kappa shape index (κ2) is 6.78. The van der Waals surface area contributed by atoms with Crippen molar-refractivity contribution in [3.63, 3.8) is 0 Å². The number of anilines is 1. The van der Waals surface area contributed by atoms with Crippen LogP contribution in [0.2, 0.25) is 0 Å². The Hall–Kier alpha value is -2.09. The van der Waals surface area contributed by atoms with Gasteiger partial charge in [-0.3, -0.25) is 13.9 Å². The standard InChI is InChI=1S/C14H18N2O5S/c17-13(5-6-14(18)19)15-10-11-3-1-4-12(9-11)16-7-2-8-22(16,20)21/h1,3-4,9H,2,5-8,10H2,(H,15,17)(H,18,19). The molecule has 2 rings (SSSR count). The first-order chi connectivity index (χ1) is 10.4. The van der Waals surface area contributed by atoms with Crippen LogP contribution < -0.4 is 9.62 Å². The molecule has 1 saturated heterocycles. The zero-order valence-electron chi connectivity index (χ0n) is 12.0. The van der Waals surface area contributed by atoms with Crippen molar-refractivity contribution in [3.05, 3.63) is 29.8 Å². The van der Waals surface area contributed by atoms with Crippen LogP contribution in [0.1, 0.15) is 24.8 Å². The van der Waals surface area contributed by atoms with Crippen molar-refractivity contribution in [1.29, 1.82) is 0 Å². The normalized spacial score (nSPS) is 16.5. The number of hydrogen-bond acceptors (Lipinski definition) is 4. The van der Waals surface area contributed by atoms with Crippen molar-refractivity contribution in [2.45, 2.75) is 25.8 Å². The number of amides is 1. The number of nitrogens with one attached hydrogen (secondary N) is 1. The van der Waals surface area contributed by atoms with Crippen LogP contribution in [0.5, 0.6) is 0 Å². The highest BCUT2D eigenvalue weighted by Crippen LogP contribution is 2.24. The first-order valence-electron chi connectivity index (χ1n) is 6.96. The third-order valence-electron chi connectivity index (χ3n) is 3.35. The molecule has 1 aromatic rings. The average Bonchev–Trinajstić information content (AvgIpc) is 2.82. The average molecular weight is 326 g/mol. The Kier molecular flexibility index (Phi) is 5.02. The lowest BCUT2D eigenvalue weighted by molar-refractivity contribution is -0.138. The minimum atomic E-state index is -3.23. The van der Waals surface area contributed by atoms with E-state index < -0.39 is 16.0 Å². The highest BCUT2D eigenvalue weighted by atomic mass is 32.2. The van der Waals surface area contributed by atoms with Gasteiger partial charge in [-0.1, -0.05) is 12.1 Å².